The quantitative estimate of drug-likeness (QED) is 0.504. The van der Waals surface area contributed by atoms with Gasteiger partial charge in [-0.05, 0) is 53.8 Å². The Bertz CT molecular complexity index is 1060. The van der Waals surface area contributed by atoms with Crippen LogP contribution in [-0.2, 0) is 4.79 Å². The average molecular weight is 478 g/mol. The molecular weight excluding hydrogens is 453 g/mol. The second-order valence-electron chi connectivity index (χ2n) is 7.81. The number of pyridine rings is 1. The fourth-order valence-electron chi connectivity index (χ4n) is 3.03. The second-order valence-corrected chi connectivity index (χ2v) is 8.73. The van der Waals surface area contributed by atoms with Crippen LogP contribution in [0.15, 0.2) is 59.1 Å². The molecule has 4 nitrogen and oxygen atoms in total. The molecule has 3 aromatic rings. The molecule has 0 atom stereocenters. The first-order valence-electron chi connectivity index (χ1n) is 9.50. The van der Waals surface area contributed by atoms with Gasteiger partial charge in [0.2, 0.25) is 0 Å². The van der Waals surface area contributed by atoms with Crippen molar-refractivity contribution in [2.75, 3.05) is 6.61 Å². The molecule has 1 aromatic heterocycles. The minimum atomic E-state index is -0.781. The Morgan fingerprint density at radius 2 is 1.93 bits per heavy atom. The van der Waals surface area contributed by atoms with E-state index in [2.05, 4.69) is 27.0 Å². The summed E-state index contributed by atoms with van der Waals surface area (Å²) in [5.41, 5.74) is 2.56. The Hall–Kier alpha value is -1.66. The third kappa shape index (κ3) is 7.55. The fourth-order valence-corrected chi connectivity index (χ4v) is 3.38. The standard InChI is InChI=1S/C24H24BrNO3.Na.H/c1-24(2,16-23(27)28)12-13-29-21-5-3-4-17(14-21)6-10-20-11-8-18-7-9-19(25)15-22(18)26-20;;/h3-11,14-15H,12-13,16H2,1-2H3,(H,27,28);;/q;+1;-1. The molecule has 0 aliphatic rings. The number of benzene rings is 2. The van der Waals surface area contributed by atoms with Gasteiger partial charge in [0.15, 0.2) is 0 Å². The van der Waals surface area contributed by atoms with Gasteiger partial charge in [-0.15, -0.1) is 0 Å². The fraction of sp³-hybridized carbons (Fsp3) is 0.250. The van der Waals surface area contributed by atoms with E-state index in [-0.39, 0.29) is 42.8 Å². The molecule has 152 valence electrons. The van der Waals surface area contributed by atoms with E-state index in [1.54, 1.807) is 0 Å². The van der Waals surface area contributed by atoms with Gasteiger partial charge in [0.05, 0.1) is 24.2 Å². The maximum atomic E-state index is 10.9. The number of fused-ring (bicyclic) bond motifs is 1. The van der Waals surface area contributed by atoms with Crippen LogP contribution in [0, 0.1) is 5.41 Å². The van der Waals surface area contributed by atoms with Gasteiger partial charge >= 0.3 is 35.5 Å². The molecule has 0 radical (unpaired) electrons. The summed E-state index contributed by atoms with van der Waals surface area (Å²) in [6.07, 6.45) is 4.80. The van der Waals surface area contributed by atoms with Gasteiger partial charge in [-0.25, -0.2) is 4.98 Å². The van der Waals surface area contributed by atoms with Crippen molar-refractivity contribution in [3.8, 4) is 5.75 Å². The molecular formula is C24H25BrNNaO3. The summed E-state index contributed by atoms with van der Waals surface area (Å²) < 4.78 is 6.85. The van der Waals surface area contributed by atoms with E-state index in [0.29, 0.717) is 13.0 Å². The summed E-state index contributed by atoms with van der Waals surface area (Å²) in [5.74, 6) is -0.00883. The zero-order valence-corrected chi connectivity index (χ0v) is 21.1. The van der Waals surface area contributed by atoms with Crippen molar-refractivity contribution in [3.63, 3.8) is 0 Å². The van der Waals surface area contributed by atoms with Gasteiger partial charge in [-0.1, -0.05) is 60.1 Å². The Morgan fingerprint density at radius 3 is 2.70 bits per heavy atom. The van der Waals surface area contributed by atoms with Crippen molar-refractivity contribution >= 4 is 45.0 Å². The Kier molecular flexibility index (Phi) is 9.10. The molecule has 0 spiro atoms. The first kappa shape index (κ1) is 24.6. The van der Waals surface area contributed by atoms with Crippen molar-refractivity contribution in [3.05, 3.63) is 70.3 Å². The molecule has 1 heterocycles. The van der Waals surface area contributed by atoms with Crippen LogP contribution in [0.4, 0.5) is 0 Å². The number of aromatic nitrogens is 1. The van der Waals surface area contributed by atoms with Crippen LogP contribution in [0.1, 0.15) is 39.4 Å². The van der Waals surface area contributed by atoms with Gasteiger partial charge < -0.3 is 11.3 Å². The SMILES string of the molecule is CC(C)(CCOc1cccc(C=Cc2ccc3ccc(Br)cc3n2)c1)CC(=O)O.[H-].[Na+]. The number of hydrogen-bond donors (Lipinski definition) is 1. The average Bonchev–Trinajstić information content (AvgIpc) is 2.65. The van der Waals surface area contributed by atoms with Crippen molar-refractivity contribution in [2.45, 2.75) is 26.7 Å². The molecule has 0 amide bonds. The van der Waals surface area contributed by atoms with Gasteiger partial charge in [-0.2, -0.15) is 0 Å². The van der Waals surface area contributed by atoms with Gasteiger partial charge in [0, 0.05) is 9.86 Å². The van der Waals surface area contributed by atoms with E-state index in [9.17, 15) is 4.79 Å². The first-order valence-corrected chi connectivity index (χ1v) is 10.3. The smallest absolute Gasteiger partial charge is 1.00 e. The first-order chi connectivity index (χ1) is 13.8. The number of rotatable bonds is 8. The minimum absolute atomic E-state index is 0. The predicted octanol–water partition coefficient (Wildman–Crippen LogP) is 3.55. The van der Waals surface area contributed by atoms with Crippen LogP contribution in [0.2, 0.25) is 0 Å². The van der Waals surface area contributed by atoms with Gasteiger partial charge in [0.1, 0.15) is 5.75 Å². The van der Waals surface area contributed by atoms with E-state index in [4.69, 9.17) is 9.84 Å². The van der Waals surface area contributed by atoms with Crippen LogP contribution in [0.25, 0.3) is 23.1 Å². The maximum absolute atomic E-state index is 10.9. The molecule has 2 aromatic carbocycles. The van der Waals surface area contributed by atoms with Crippen LogP contribution in [0.5, 0.6) is 5.75 Å². The molecule has 0 aliphatic carbocycles. The van der Waals surface area contributed by atoms with E-state index in [1.165, 1.54) is 0 Å². The predicted molar refractivity (Wildman–Crippen MR) is 122 cm³/mol. The summed E-state index contributed by atoms with van der Waals surface area (Å²) in [6.45, 7) is 4.37. The van der Waals surface area contributed by atoms with E-state index in [1.807, 2.05) is 74.5 Å². The zero-order chi connectivity index (χ0) is 20.9. The van der Waals surface area contributed by atoms with Crippen LogP contribution >= 0.6 is 15.9 Å². The third-order valence-electron chi connectivity index (χ3n) is 4.66. The number of carboxylic acid groups (broad SMARTS) is 1. The molecule has 6 heteroatoms. The number of aliphatic carboxylic acids is 1. The normalized spacial score (nSPS) is 11.4. The van der Waals surface area contributed by atoms with E-state index >= 15 is 0 Å². The summed E-state index contributed by atoms with van der Waals surface area (Å²) in [7, 11) is 0. The second kappa shape index (κ2) is 11.1. The molecule has 0 bridgehead atoms. The number of halogens is 1. The van der Waals surface area contributed by atoms with Crippen LogP contribution < -0.4 is 34.3 Å². The largest absolute Gasteiger partial charge is 1.00 e. The molecule has 3 rings (SSSR count). The van der Waals surface area contributed by atoms with Gasteiger partial charge in [0.25, 0.3) is 0 Å². The summed E-state index contributed by atoms with van der Waals surface area (Å²) in [6, 6.07) is 18.0. The summed E-state index contributed by atoms with van der Waals surface area (Å²) in [4.78, 5) is 15.6. The van der Waals surface area contributed by atoms with Crippen LogP contribution in [-0.4, -0.2) is 22.7 Å². The Morgan fingerprint density at radius 1 is 1.17 bits per heavy atom. The summed E-state index contributed by atoms with van der Waals surface area (Å²) in [5, 5.41) is 10.1. The van der Waals surface area contributed by atoms with Crippen molar-refractivity contribution in [1.29, 1.82) is 0 Å². The Labute approximate surface area is 209 Å². The number of carbonyl (C=O) groups is 1. The zero-order valence-electron chi connectivity index (χ0n) is 18.6. The molecule has 0 saturated carbocycles. The molecule has 0 saturated heterocycles. The molecule has 30 heavy (non-hydrogen) atoms. The number of carboxylic acids is 1. The van der Waals surface area contributed by atoms with Gasteiger partial charge in [-0.3, -0.25) is 4.79 Å². The number of nitrogens with zero attached hydrogens (tertiary/aromatic N) is 1. The molecule has 0 aliphatic heterocycles. The van der Waals surface area contributed by atoms with Crippen molar-refractivity contribution in [2.24, 2.45) is 5.41 Å². The van der Waals surface area contributed by atoms with E-state index in [0.717, 1.165) is 32.4 Å². The van der Waals surface area contributed by atoms with Crippen molar-refractivity contribution < 1.29 is 45.6 Å². The molecule has 0 unspecified atom stereocenters. The summed E-state index contributed by atoms with van der Waals surface area (Å²) >= 11 is 3.48. The topological polar surface area (TPSA) is 59.4 Å². The number of ether oxygens (including phenoxy) is 1. The monoisotopic (exact) mass is 477 g/mol. The third-order valence-corrected chi connectivity index (χ3v) is 5.15. The van der Waals surface area contributed by atoms with Crippen molar-refractivity contribution in [1.82, 2.24) is 4.98 Å². The maximum Gasteiger partial charge on any atom is 1.00 e. The number of hydrogen-bond acceptors (Lipinski definition) is 3. The minimum Gasteiger partial charge on any atom is -1.00 e. The molecule has 0 fully saturated rings. The molecule has 1 N–H and O–H groups in total. The van der Waals surface area contributed by atoms with Crippen LogP contribution in [0.3, 0.4) is 0 Å². The van der Waals surface area contributed by atoms with E-state index < -0.39 is 5.97 Å². The Balaban J connectivity index is 0.00000240.